The highest BCUT2D eigenvalue weighted by Gasteiger charge is 2.22. The van der Waals surface area contributed by atoms with E-state index in [-0.39, 0.29) is 6.09 Å². The summed E-state index contributed by atoms with van der Waals surface area (Å²) < 4.78 is 11.9. The van der Waals surface area contributed by atoms with Gasteiger partial charge in [-0.2, -0.15) is 0 Å². The van der Waals surface area contributed by atoms with E-state index in [4.69, 9.17) is 9.47 Å². The molecule has 1 amide bonds. The number of aryl methyl sites for hydroxylation is 1. The fourth-order valence-corrected chi connectivity index (χ4v) is 3.95. The molecule has 0 unspecified atom stereocenters. The second-order valence-corrected chi connectivity index (χ2v) is 8.59. The van der Waals surface area contributed by atoms with Crippen LogP contribution in [0.4, 0.5) is 10.6 Å². The Morgan fingerprint density at radius 1 is 1.35 bits per heavy atom. The molecule has 142 valence electrons. The van der Waals surface area contributed by atoms with E-state index in [0.717, 1.165) is 39.8 Å². The van der Waals surface area contributed by atoms with E-state index < -0.39 is 5.60 Å². The highest BCUT2D eigenvalue weighted by molar-refractivity contribution is 7.19. The molecule has 2 aromatic heterocycles. The van der Waals surface area contributed by atoms with E-state index in [9.17, 15) is 4.79 Å². The summed E-state index contributed by atoms with van der Waals surface area (Å²) in [6, 6.07) is 2.04. The van der Waals surface area contributed by atoms with Crippen molar-refractivity contribution < 1.29 is 14.3 Å². The van der Waals surface area contributed by atoms with Crippen LogP contribution in [0.5, 0.6) is 0 Å². The van der Waals surface area contributed by atoms with E-state index in [1.54, 1.807) is 23.3 Å². The second kappa shape index (κ2) is 7.36. The number of rotatable bonds is 3. The van der Waals surface area contributed by atoms with Gasteiger partial charge in [-0.05, 0) is 33.8 Å². The predicted octanol–water partition coefficient (Wildman–Crippen LogP) is 3.20. The molecule has 1 fully saturated rings. The molecule has 26 heavy (non-hydrogen) atoms. The molecule has 3 rings (SSSR count). The fourth-order valence-electron chi connectivity index (χ4n) is 2.78. The minimum Gasteiger partial charge on any atom is -0.444 e. The van der Waals surface area contributed by atoms with Gasteiger partial charge in [0.2, 0.25) is 0 Å². The third-order valence-corrected chi connectivity index (χ3v) is 5.03. The Morgan fingerprint density at radius 2 is 2.04 bits per heavy atom. The molecule has 1 aliphatic heterocycles. The Hall–Kier alpha value is -1.93. The maximum atomic E-state index is 12.2. The molecule has 0 aliphatic carbocycles. The number of morpholine rings is 1. The summed E-state index contributed by atoms with van der Waals surface area (Å²) in [5.74, 6) is 1.72. The Bertz CT molecular complexity index is 794. The third-order valence-electron chi connectivity index (χ3n) is 3.93. The van der Waals surface area contributed by atoms with Crippen molar-refractivity contribution in [3.63, 3.8) is 0 Å². The lowest BCUT2D eigenvalue weighted by Crippen LogP contribution is -2.36. The predicted molar refractivity (Wildman–Crippen MR) is 103 cm³/mol. The van der Waals surface area contributed by atoms with E-state index in [1.807, 2.05) is 33.8 Å². The molecule has 0 bridgehead atoms. The van der Waals surface area contributed by atoms with Crippen LogP contribution in [0.25, 0.3) is 10.2 Å². The van der Waals surface area contributed by atoms with Crippen LogP contribution in [-0.4, -0.2) is 59.9 Å². The molecule has 3 heterocycles. The molecule has 0 atom stereocenters. The first-order valence-electron chi connectivity index (χ1n) is 8.77. The normalized spacial score (nSPS) is 15.3. The summed E-state index contributed by atoms with van der Waals surface area (Å²) in [4.78, 5) is 26.3. The van der Waals surface area contributed by atoms with Crippen LogP contribution in [-0.2, 0) is 16.0 Å². The van der Waals surface area contributed by atoms with E-state index in [1.165, 1.54) is 0 Å². The van der Waals surface area contributed by atoms with Crippen LogP contribution >= 0.6 is 11.3 Å². The number of anilines is 1. The standard InChI is InChI=1S/C18H26N4O3S/c1-12-19-14-10-13(11-21(5)17(23)25-18(2,3)4)26-15(14)16(20-12)22-6-8-24-9-7-22/h10H,6-9,11H2,1-5H3. The van der Waals surface area contributed by atoms with Gasteiger partial charge in [0.25, 0.3) is 0 Å². The number of aromatic nitrogens is 2. The molecule has 0 radical (unpaired) electrons. The highest BCUT2D eigenvalue weighted by Crippen LogP contribution is 2.33. The van der Waals surface area contributed by atoms with Crippen molar-refractivity contribution in [3.05, 3.63) is 16.8 Å². The molecule has 0 saturated carbocycles. The van der Waals surface area contributed by atoms with Crippen LogP contribution in [0.15, 0.2) is 6.07 Å². The zero-order chi connectivity index (χ0) is 18.9. The van der Waals surface area contributed by atoms with Crippen LogP contribution in [0.1, 0.15) is 31.5 Å². The Labute approximate surface area is 157 Å². The molecule has 2 aromatic rings. The fraction of sp³-hybridized carbons (Fsp3) is 0.611. The summed E-state index contributed by atoms with van der Waals surface area (Å²) in [5.41, 5.74) is 0.425. The zero-order valence-electron chi connectivity index (χ0n) is 16.0. The van der Waals surface area contributed by atoms with Crippen molar-refractivity contribution in [1.29, 1.82) is 0 Å². The molecular formula is C18H26N4O3S. The minimum absolute atomic E-state index is 0.328. The minimum atomic E-state index is -0.502. The van der Waals surface area contributed by atoms with Gasteiger partial charge in [0.15, 0.2) is 5.82 Å². The summed E-state index contributed by atoms with van der Waals surface area (Å²) >= 11 is 1.63. The average Bonchev–Trinajstić information content (AvgIpc) is 2.95. The SMILES string of the molecule is Cc1nc(N2CCOCC2)c2sc(CN(C)C(=O)OC(C)(C)C)cc2n1. The first-order valence-corrected chi connectivity index (χ1v) is 9.58. The van der Waals surface area contributed by atoms with Crippen LogP contribution in [0.2, 0.25) is 0 Å². The lowest BCUT2D eigenvalue weighted by Gasteiger charge is -2.28. The van der Waals surface area contributed by atoms with E-state index in [2.05, 4.69) is 14.9 Å². The molecule has 8 heteroatoms. The van der Waals surface area contributed by atoms with Crippen LogP contribution < -0.4 is 4.90 Å². The maximum Gasteiger partial charge on any atom is 0.410 e. The maximum absolute atomic E-state index is 12.2. The van der Waals surface area contributed by atoms with Gasteiger partial charge in [0.1, 0.15) is 11.4 Å². The lowest BCUT2D eigenvalue weighted by atomic mass is 10.2. The smallest absolute Gasteiger partial charge is 0.410 e. The number of thiophene rings is 1. The van der Waals surface area contributed by atoms with Crippen molar-refractivity contribution in [2.24, 2.45) is 0 Å². The van der Waals surface area contributed by atoms with E-state index in [0.29, 0.717) is 19.8 Å². The van der Waals surface area contributed by atoms with Gasteiger partial charge in [0, 0.05) is 25.0 Å². The summed E-state index contributed by atoms with van der Waals surface area (Å²) in [6.07, 6.45) is -0.328. The van der Waals surface area contributed by atoms with Gasteiger partial charge in [0.05, 0.1) is 30.0 Å². The van der Waals surface area contributed by atoms with Crippen molar-refractivity contribution in [1.82, 2.24) is 14.9 Å². The quantitative estimate of drug-likeness (QED) is 0.817. The number of carbonyl (C=O) groups excluding carboxylic acids is 1. The molecule has 0 aromatic carbocycles. The molecule has 1 aliphatic rings. The third kappa shape index (κ3) is 4.42. The van der Waals surface area contributed by atoms with Crippen molar-refractivity contribution in [2.75, 3.05) is 38.3 Å². The highest BCUT2D eigenvalue weighted by atomic mass is 32.1. The zero-order valence-corrected chi connectivity index (χ0v) is 16.9. The van der Waals surface area contributed by atoms with Gasteiger partial charge >= 0.3 is 6.09 Å². The van der Waals surface area contributed by atoms with Crippen molar-refractivity contribution in [2.45, 2.75) is 39.8 Å². The monoisotopic (exact) mass is 378 g/mol. The molecule has 1 saturated heterocycles. The summed E-state index contributed by atoms with van der Waals surface area (Å²) in [7, 11) is 1.75. The number of hydrogen-bond acceptors (Lipinski definition) is 7. The Morgan fingerprint density at radius 3 is 2.69 bits per heavy atom. The Kier molecular flexibility index (Phi) is 5.34. The van der Waals surface area contributed by atoms with E-state index >= 15 is 0 Å². The van der Waals surface area contributed by atoms with Crippen LogP contribution in [0.3, 0.4) is 0 Å². The number of nitrogens with zero attached hydrogens (tertiary/aromatic N) is 4. The average molecular weight is 378 g/mol. The number of amides is 1. The number of carbonyl (C=O) groups is 1. The Balaban J connectivity index is 1.83. The lowest BCUT2D eigenvalue weighted by molar-refractivity contribution is 0.0287. The number of hydrogen-bond donors (Lipinski definition) is 0. The first kappa shape index (κ1) is 18.8. The van der Waals surface area contributed by atoms with Crippen molar-refractivity contribution >= 4 is 33.5 Å². The second-order valence-electron chi connectivity index (χ2n) is 7.46. The van der Waals surface area contributed by atoms with Crippen molar-refractivity contribution in [3.8, 4) is 0 Å². The van der Waals surface area contributed by atoms with Gasteiger partial charge in [-0.1, -0.05) is 0 Å². The molecular weight excluding hydrogens is 352 g/mol. The van der Waals surface area contributed by atoms with Gasteiger partial charge < -0.3 is 19.3 Å². The number of ether oxygens (including phenoxy) is 2. The molecule has 0 N–H and O–H groups in total. The van der Waals surface area contributed by atoms with Gasteiger partial charge in [-0.3, -0.25) is 0 Å². The summed E-state index contributed by atoms with van der Waals surface area (Å²) in [6.45, 7) is 11.1. The van der Waals surface area contributed by atoms with Gasteiger partial charge in [-0.25, -0.2) is 14.8 Å². The first-order chi connectivity index (χ1) is 12.2. The number of fused-ring (bicyclic) bond motifs is 1. The summed E-state index contributed by atoms with van der Waals surface area (Å²) in [5, 5.41) is 0. The van der Waals surface area contributed by atoms with Gasteiger partial charge in [-0.15, -0.1) is 11.3 Å². The topological polar surface area (TPSA) is 67.8 Å². The molecule has 7 nitrogen and oxygen atoms in total. The van der Waals surface area contributed by atoms with Crippen LogP contribution in [0, 0.1) is 6.92 Å². The largest absolute Gasteiger partial charge is 0.444 e. The molecule has 0 spiro atoms.